The topological polar surface area (TPSA) is 82.4 Å². The van der Waals surface area contributed by atoms with Crippen LogP contribution in [0.15, 0.2) is 28.9 Å². The van der Waals surface area contributed by atoms with Crippen LogP contribution in [-0.2, 0) is 0 Å². The highest BCUT2D eigenvalue weighted by Crippen LogP contribution is 2.28. The minimum absolute atomic E-state index is 0.176. The summed E-state index contributed by atoms with van der Waals surface area (Å²) in [6, 6.07) is 5.73. The molecule has 1 aliphatic rings. The highest BCUT2D eigenvalue weighted by molar-refractivity contribution is 5.98. The van der Waals surface area contributed by atoms with E-state index in [1.54, 1.807) is 28.8 Å². The molecule has 0 saturated carbocycles. The molecule has 0 bridgehead atoms. The van der Waals surface area contributed by atoms with Crippen molar-refractivity contribution in [2.75, 3.05) is 13.1 Å². The molecule has 2 aromatic rings. The number of carbonyl (C=O) groups is 1. The molecule has 3 heterocycles. The second-order valence-corrected chi connectivity index (χ2v) is 6.00. The minimum atomic E-state index is -0.533. The molecule has 120 valence electrons. The maximum Gasteiger partial charge on any atom is 0.258 e. The first kappa shape index (κ1) is 15.4. The zero-order valence-electron chi connectivity index (χ0n) is 13.2. The minimum Gasteiger partial charge on any atom is -0.443 e. The van der Waals surface area contributed by atoms with E-state index in [4.69, 9.17) is 4.42 Å². The Bertz CT molecular complexity index is 755. The lowest BCUT2D eigenvalue weighted by atomic mass is 9.95. The molecule has 0 radical (unpaired) electrons. The summed E-state index contributed by atoms with van der Waals surface area (Å²) in [7, 11) is 0. The third kappa shape index (κ3) is 2.64. The van der Waals surface area contributed by atoms with Crippen molar-refractivity contribution in [3.05, 3.63) is 41.4 Å². The lowest BCUT2D eigenvalue weighted by molar-refractivity contribution is 0.0247. The van der Waals surface area contributed by atoms with Crippen LogP contribution >= 0.6 is 0 Å². The van der Waals surface area contributed by atoms with E-state index in [1.807, 2.05) is 19.1 Å². The SMILES string of the molecule is Cc1oc(-n2cccc2)c(C#N)c1C(=O)N1CCC(C)C(O)C1. The van der Waals surface area contributed by atoms with Crippen molar-refractivity contribution in [1.82, 2.24) is 9.47 Å². The Labute approximate surface area is 134 Å². The summed E-state index contributed by atoms with van der Waals surface area (Å²) >= 11 is 0. The molecule has 1 amide bonds. The first-order valence-corrected chi connectivity index (χ1v) is 7.67. The molecule has 23 heavy (non-hydrogen) atoms. The largest absolute Gasteiger partial charge is 0.443 e. The quantitative estimate of drug-likeness (QED) is 0.920. The highest BCUT2D eigenvalue weighted by Gasteiger charge is 2.32. The molecule has 1 fully saturated rings. The van der Waals surface area contributed by atoms with Crippen molar-refractivity contribution in [3.63, 3.8) is 0 Å². The number of aliphatic hydroxyl groups is 1. The highest BCUT2D eigenvalue weighted by atomic mass is 16.4. The number of hydrogen-bond acceptors (Lipinski definition) is 4. The molecule has 2 aromatic heterocycles. The number of aliphatic hydroxyl groups excluding tert-OH is 1. The van der Waals surface area contributed by atoms with E-state index in [9.17, 15) is 15.2 Å². The number of amides is 1. The Kier molecular flexibility index (Phi) is 3.97. The zero-order valence-corrected chi connectivity index (χ0v) is 13.2. The zero-order chi connectivity index (χ0) is 16.6. The lowest BCUT2D eigenvalue weighted by Gasteiger charge is -2.34. The van der Waals surface area contributed by atoms with Gasteiger partial charge in [-0.3, -0.25) is 9.36 Å². The molecule has 1 saturated heterocycles. The van der Waals surface area contributed by atoms with Crippen molar-refractivity contribution in [2.24, 2.45) is 5.92 Å². The van der Waals surface area contributed by atoms with E-state index >= 15 is 0 Å². The Morgan fingerprint density at radius 3 is 2.74 bits per heavy atom. The Morgan fingerprint density at radius 2 is 2.13 bits per heavy atom. The van der Waals surface area contributed by atoms with Crippen LogP contribution in [0.25, 0.3) is 5.88 Å². The number of likely N-dealkylation sites (tertiary alicyclic amines) is 1. The number of nitrogens with zero attached hydrogens (tertiary/aromatic N) is 3. The van der Waals surface area contributed by atoms with Crippen molar-refractivity contribution in [1.29, 1.82) is 5.26 Å². The van der Waals surface area contributed by atoms with Crippen molar-refractivity contribution in [2.45, 2.75) is 26.4 Å². The van der Waals surface area contributed by atoms with Crippen LogP contribution in [0.4, 0.5) is 0 Å². The number of nitriles is 1. The van der Waals surface area contributed by atoms with Gasteiger partial charge in [0, 0.05) is 25.5 Å². The van der Waals surface area contributed by atoms with Gasteiger partial charge in [-0.2, -0.15) is 5.26 Å². The van der Waals surface area contributed by atoms with E-state index in [1.165, 1.54) is 0 Å². The fraction of sp³-hybridized carbons (Fsp3) is 0.412. The molecule has 2 atom stereocenters. The molecule has 6 heteroatoms. The van der Waals surface area contributed by atoms with Crippen LogP contribution in [-0.4, -0.2) is 39.7 Å². The molecule has 1 aliphatic heterocycles. The number of β-amino-alcohol motifs (C(OH)–C–C–N with tert-alkyl or cyclic N) is 1. The molecule has 0 aliphatic carbocycles. The third-order valence-corrected chi connectivity index (χ3v) is 4.44. The van der Waals surface area contributed by atoms with Gasteiger partial charge in [0.15, 0.2) is 0 Å². The number of aromatic nitrogens is 1. The molecule has 1 N–H and O–H groups in total. The Balaban J connectivity index is 1.97. The maximum atomic E-state index is 12.8. The average Bonchev–Trinajstić information content (AvgIpc) is 3.16. The van der Waals surface area contributed by atoms with Gasteiger partial charge >= 0.3 is 0 Å². The number of hydrogen-bond donors (Lipinski definition) is 1. The molecule has 3 rings (SSSR count). The predicted octanol–water partition coefficient (Wildman–Crippen LogP) is 2.09. The van der Waals surface area contributed by atoms with Crippen LogP contribution in [0.2, 0.25) is 0 Å². The van der Waals surface area contributed by atoms with Crippen LogP contribution in [0.3, 0.4) is 0 Å². The summed E-state index contributed by atoms with van der Waals surface area (Å²) in [6.45, 7) is 4.52. The molecule has 6 nitrogen and oxygen atoms in total. The van der Waals surface area contributed by atoms with E-state index in [0.29, 0.717) is 18.2 Å². The van der Waals surface area contributed by atoms with Crippen molar-refractivity contribution < 1.29 is 14.3 Å². The van der Waals surface area contributed by atoms with Gasteiger partial charge in [-0.05, 0) is 31.4 Å². The molecule has 0 spiro atoms. The number of furan rings is 1. The molecular weight excluding hydrogens is 294 g/mol. The Morgan fingerprint density at radius 1 is 1.43 bits per heavy atom. The third-order valence-electron chi connectivity index (χ3n) is 4.44. The van der Waals surface area contributed by atoms with Gasteiger partial charge in [0.1, 0.15) is 23.0 Å². The average molecular weight is 313 g/mol. The molecular formula is C17H19N3O3. The van der Waals surface area contributed by atoms with Gasteiger partial charge in [-0.1, -0.05) is 6.92 Å². The number of rotatable bonds is 2. The van der Waals surface area contributed by atoms with Gasteiger partial charge in [0.05, 0.1) is 6.10 Å². The van der Waals surface area contributed by atoms with Gasteiger partial charge in [0.25, 0.3) is 5.91 Å². The van der Waals surface area contributed by atoms with Crippen LogP contribution in [0.1, 0.15) is 35.0 Å². The Hall–Kier alpha value is -2.52. The summed E-state index contributed by atoms with van der Waals surface area (Å²) in [5.74, 6) is 0.690. The second-order valence-electron chi connectivity index (χ2n) is 6.00. The predicted molar refractivity (Wildman–Crippen MR) is 83.2 cm³/mol. The number of piperidine rings is 1. The fourth-order valence-electron chi connectivity index (χ4n) is 2.93. The lowest BCUT2D eigenvalue weighted by Crippen LogP contribution is -2.46. The standard InChI is InChI=1S/C17H19N3O3/c1-11-5-8-20(10-14(11)21)16(22)15-12(2)23-17(13(15)9-18)19-6-3-4-7-19/h3-4,6-7,11,14,21H,5,8,10H2,1-2H3. The van der Waals surface area contributed by atoms with Gasteiger partial charge < -0.3 is 14.4 Å². The monoisotopic (exact) mass is 313 g/mol. The number of carbonyl (C=O) groups excluding carboxylic acids is 1. The van der Waals surface area contributed by atoms with E-state index in [-0.39, 0.29) is 29.5 Å². The maximum absolute atomic E-state index is 12.8. The smallest absolute Gasteiger partial charge is 0.258 e. The first-order chi connectivity index (χ1) is 11.0. The summed E-state index contributed by atoms with van der Waals surface area (Å²) < 4.78 is 7.35. The second kappa shape index (κ2) is 5.94. The van der Waals surface area contributed by atoms with Crippen LogP contribution < -0.4 is 0 Å². The fourth-order valence-corrected chi connectivity index (χ4v) is 2.93. The summed E-state index contributed by atoms with van der Waals surface area (Å²) in [5, 5.41) is 19.5. The summed E-state index contributed by atoms with van der Waals surface area (Å²) in [5.41, 5.74) is 0.523. The van der Waals surface area contributed by atoms with Gasteiger partial charge in [-0.25, -0.2) is 0 Å². The van der Waals surface area contributed by atoms with Gasteiger partial charge in [-0.15, -0.1) is 0 Å². The van der Waals surface area contributed by atoms with Crippen LogP contribution in [0.5, 0.6) is 0 Å². The summed E-state index contributed by atoms with van der Waals surface area (Å²) in [4.78, 5) is 14.4. The first-order valence-electron chi connectivity index (χ1n) is 7.67. The number of aryl methyl sites for hydroxylation is 1. The normalized spacial score (nSPS) is 21.2. The molecule has 0 aromatic carbocycles. The van der Waals surface area contributed by atoms with Crippen molar-refractivity contribution in [3.8, 4) is 12.0 Å². The molecule has 2 unspecified atom stereocenters. The van der Waals surface area contributed by atoms with Crippen LogP contribution in [0, 0.1) is 24.2 Å². The van der Waals surface area contributed by atoms with E-state index in [0.717, 1.165) is 6.42 Å². The summed E-state index contributed by atoms with van der Waals surface area (Å²) in [6.07, 6.45) is 3.74. The van der Waals surface area contributed by atoms with E-state index < -0.39 is 6.10 Å². The van der Waals surface area contributed by atoms with Gasteiger partial charge in [0.2, 0.25) is 5.88 Å². The van der Waals surface area contributed by atoms with E-state index in [2.05, 4.69) is 6.07 Å². The van der Waals surface area contributed by atoms with Crippen molar-refractivity contribution >= 4 is 5.91 Å².